The predicted octanol–water partition coefficient (Wildman–Crippen LogP) is 4.05. The van der Waals surface area contributed by atoms with E-state index in [2.05, 4.69) is 50.0 Å². The molecular weight excluding hydrogens is 434 g/mol. The molecule has 10 heteroatoms. The Labute approximate surface area is 196 Å². The zero-order valence-corrected chi connectivity index (χ0v) is 18.9. The lowest BCUT2D eigenvalue weighted by Gasteiger charge is -2.18. The largest absolute Gasteiger partial charge is 0.493 e. The number of nitrogens with one attached hydrogen (secondary N) is 2. The third-order valence-corrected chi connectivity index (χ3v) is 5.52. The summed E-state index contributed by atoms with van der Waals surface area (Å²) in [6.45, 7) is 3.57. The minimum absolute atomic E-state index is 0.0534. The smallest absolute Gasteiger partial charge is 0.248 e. The topological polar surface area (TPSA) is 108 Å². The number of benzene rings is 2. The normalized spacial score (nSPS) is 12.9. The third kappa shape index (κ3) is 4.56. The van der Waals surface area contributed by atoms with Crippen LogP contribution in [0.2, 0.25) is 0 Å². The summed E-state index contributed by atoms with van der Waals surface area (Å²) in [6, 6.07) is 14.0. The monoisotopic (exact) mass is 459 g/mol. The summed E-state index contributed by atoms with van der Waals surface area (Å²) in [7, 11) is 1.62. The van der Waals surface area contributed by atoms with Gasteiger partial charge in [-0.25, -0.2) is 9.67 Å². The highest BCUT2D eigenvalue weighted by Crippen LogP contribution is 2.42. The van der Waals surface area contributed by atoms with Gasteiger partial charge in [-0.05, 0) is 18.6 Å². The van der Waals surface area contributed by atoms with Gasteiger partial charge in [-0.15, -0.1) is 5.10 Å². The van der Waals surface area contributed by atoms with E-state index in [-0.39, 0.29) is 6.04 Å². The number of rotatable bonds is 8. The molecule has 3 heterocycles. The van der Waals surface area contributed by atoms with Crippen LogP contribution < -0.4 is 24.8 Å². The Morgan fingerprint density at radius 1 is 1.18 bits per heavy atom. The van der Waals surface area contributed by atoms with Gasteiger partial charge in [0.25, 0.3) is 0 Å². The van der Waals surface area contributed by atoms with Gasteiger partial charge in [-0.3, -0.25) is 0 Å². The van der Waals surface area contributed by atoms with Crippen LogP contribution in [0.25, 0.3) is 0 Å². The van der Waals surface area contributed by atoms with Crippen LogP contribution in [0.15, 0.2) is 61.2 Å². The highest BCUT2D eigenvalue weighted by atomic mass is 16.5. The van der Waals surface area contributed by atoms with Crippen LogP contribution in [0, 0.1) is 0 Å². The molecule has 1 atom stereocenters. The van der Waals surface area contributed by atoms with E-state index in [1.54, 1.807) is 24.2 Å². The standard InChI is InChI=1S/C24H25N7O3/c1-16(17-6-4-3-5-7-17)29-23-22-24(27-15-26-23)34-19-13-21(20(32-2)12-18(19)14-25-22)33-11-10-31-9-8-28-30-31/h3-9,12-13,15-16,25H,10-11,14H2,1-2H3,(H,26,27,29)/t16-/m1/s1. The van der Waals surface area contributed by atoms with E-state index in [0.29, 0.717) is 54.3 Å². The number of nitrogens with zero attached hydrogens (tertiary/aromatic N) is 5. The SMILES string of the molecule is COc1cc2c(cc1OCCn1ccnn1)Oc1ncnc(N[C@H](C)c3ccccc3)c1NC2. The second-order valence-corrected chi connectivity index (χ2v) is 7.76. The Hall–Kier alpha value is -4.34. The second-order valence-electron chi connectivity index (χ2n) is 7.76. The fourth-order valence-corrected chi connectivity index (χ4v) is 3.72. The van der Waals surface area contributed by atoms with E-state index in [4.69, 9.17) is 14.2 Å². The van der Waals surface area contributed by atoms with E-state index in [0.717, 1.165) is 11.1 Å². The zero-order chi connectivity index (χ0) is 23.3. The highest BCUT2D eigenvalue weighted by molar-refractivity contribution is 5.72. The molecule has 174 valence electrons. The summed E-state index contributed by atoms with van der Waals surface area (Å²) in [5, 5.41) is 14.6. The third-order valence-electron chi connectivity index (χ3n) is 5.52. The Kier molecular flexibility index (Phi) is 6.11. The molecule has 0 saturated heterocycles. The zero-order valence-electron chi connectivity index (χ0n) is 18.9. The first-order valence-corrected chi connectivity index (χ1v) is 11.0. The van der Waals surface area contributed by atoms with Crippen molar-refractivity contribution < 1.29 is 14.2 Å². The average Bonchev–Trinajstić information content (AvgIpc) is 3.31. The fraction of sp³-hybridized carbons (Fsp3) is 0.250. The molecule has 4 aromatic rings. The van der Waals surface area contributed by atoms with E-state index in [1.165, 1.54) is 6.33 Å². The molecule has 34 heavy (non-hydrogen) atoms. The summed E-state index contributed by atoms with van der Waals surface area (Å²) in [5.41, 5.74) is 2.78. The predicted molar refractivity (Wildman–Crippen MR) is 126 cm³/mol. The van der Waals surface area contributed by atoms with Gasteiger partial charge in [0.05, 0.1) is 25.9 Å². The Morgan fingerprint density at radius 2 is 2.06 bits per heavy atom. The van der Waals surface area contributed by atoms with Gasteiger partial charge in [-0.2, -0.15) is 4.98 Å². The summed E-state index contributed by atoms with van der Waals surface area (Å²) >= 11 is 0. The number of ether oxygens (including phenoxy) is 3. The quantitative estimate of drug-likeness (QED) is 0.403. The van der Waals surface area contributed by atoms with Gasteiger partial charge >= 0.3 is 0 Å². The number of aromatic nitrogens is 5. The van der Waals surface area contributed by atoms with Crippen LogP contribution in [0.1, 0.15) is 24.1 Å². The Morgan fingerprint density at radius 3 is 2.85 bits per heavy atom. The van der Waals surface area contributed by atoms with Crippen LogP contribution in [0.4, 0.5) is 11.5 Å². The number of hydrogen-bond acceptors (Lipinski definition) is 9. The van der Waals surface area contributed by atoms with Crippen LogP contribution in [-0.4, -0.2) is 38.7 Å². The van der Waals surface area contributed by atoms with E-state index in [1.807, 2.05) is 30.3 Å². The van der Waals surface area contributed by atoms with Gasteiger partial charge in [-0.1, -0.05) is 35.5 Å². The summed E-state index contributed by atoms with van der Waals surface area (Å²) in [4.78, 5) is 8.81. The van der Waals surface area contributed by atoms with Crippen molar-refractivity contribution in [3.8, 4) is 23.1 Å². The number of anilines is 2. The molecule has 0 bridgehead atoms. The molecule has 0 aliphatic carbocycles. The van der Waals surface area contributed by atoms with Crippen molar-refractivity contribution in [2.75, 3.05) is 24.4 Å². The molecule has 0 amide bonds. The highest BCUT2D eigenvalue weighted by Gasteiger charge is 2.23. The minimum Gasteiger partial charge on any atom is -0.493 e. The molecule has 10 nitrogen and oxygen atoms in total. The van der Waals surface area contributed by atoms with Crippen LogP contribution >= 0.6 is 0 Å². The van der Waals surface area contributed by atoms with Crippen molar-refractivity contribution >= 4 is 11.5 Å². The molecule has 0 fully saturated rings. The van der Waals surface area contributed by atoms with Crippen molar-refractivity contribution in [2.24, 2.45) is 0 Å². The van der Waals surface area contributed by atoms with Crippen molar-refractivity contribution in [2.45, 2.75) is 26.1 Å². The summed E-state index contributed by atoms with van der Waals surface area (Å²) < 4.78 is 19.4. The maximum Gasteiger partial charge on any atom is 0.248 e. The number of hydrogen-bond donors (Lipinski definition) is 2. The molecule has 0 spiro atoms. The molecule has 2 N–H and O–H groups in total. The van der Waals surface area contributed by atoms with Gasteiger partial charge in [0.1, 0.15) is 24.4 Å². The number of methoxy groups -OCH3 is 1. The molecule has 2 aromatic heterocycles. The first kappa shape index (κ1) is 21.5. The molecule has 0 unspecified atom stereocenters. The molecule has 0 saturated carbocycles. The summed E-state index contributed by atoms with van der Waals surface area (Å²) in [6.07, 6.45) is 4.91. The Bertz CT molecular complexity index is 1250. The van der Waals surface area contributed by atoms with Crippen molar-refractivity contribution in [3.05, 3.63) is 72.3 Å². The van der Waals surface area contributed by atoms with E-state index in [9.17, 15) is 0 Å². The van der Waals surface area contributed by atoms with E-state index >= 15 is 0 Å². The van der Waals surface area contributed by atoms with Gasteiger partial charge in [0.15, 0.2) is 17.3 Å². The first-order chi connectivity index (χ1) is 16.7. The maximum atomic E-state index is 6.21. The maximum absolute atomic E-state index is 6.21. The van der Waals surface area contributed by atoms with Gasteiger partial charge in [0, 0.05) is 24.4 Å². The lowest BCUT2D eigenvalue weighted by Crippen LogP contribution is -2.11. The lowest BCUT2D eigenvalue weighted by molar-refractivity contribution is 0.271. The Balaban J connectivity index is 1.37. The van der Waals surface area contributed by atoms with Gasteiger partial charge in [0.2, 0.25) is 5.88 Å². The van der Waals surface area contributed by atoms with Gasteiger partial charge < -0.3 is 24.8 Å². The minimum atomic E-state index is 0.0534. The molecule has 1 aliphatic rings. The number of fused-ring (bicyclic) bond motifs is 2. The van der Waals surface area contributed by atoms with Crippen LogP contribution in [0.3, 0.4) is 0 Å². The molecule has 1 aliphatic heterocycles. The van der Waals surface area contributed by atoms with Crippen molar-refractivity contribution in [3.63, 3.8) is 0 Å². The van der Waals surface area contributed by atoms with Crippen molar-refractivity contribution in [1.29, 1.82) is 0 Å². The van der Waals surface area contributed by atoms with Crippen LogP contribution in [-0.2, 0) is 13.1 Å². The molecule has 0 radical (unpaired) electrons. The van der Waals surface area contributed by atoms with Crippen LogP contribution in [0.5, 0.6) is 23.1 Å². The molecule has 5 rings (SSSR count). The molecular formula is C24H25N7O3. The lowest BCUT2D eigenvalue weighted by atomic mass is 10.1. The molecule has 2 aromatic carbocycles. The first-order valence-electron chi connectivity index (χ1n) is 11.0. The van der Waals surface area contributed by atoms with E-state index < -0.39 is 0 Å². The fourth-order valence-electron chi connectivity index (χ4n) is 3.72. The average molecular weight is 460 g/mol. The summed E-state index contributed by atoms with van der Waals surface area (Å²) in [5.74, 6) is 2.95. The van der Waals surface area contributed by atoms with Crippen molar-refractivity contribution in [1.82, 2.24) is 25.0 Å². The second kappa shape index (κ2) is 9.65.